The number of aromatic nitrogens is 1. The Labute approximate surface area is 334 Å². The van der Waals surface area contributed by atoms with E-state index in [1.54, 1.807) is 0 Å². The quantitative estimate of drug-likeness (QED) is 0.134. The third kappa shape index (κ3) is 5.91. The second kappa shape index (κ2) is 14.7. The molecule has 0 aliphatic rings. The second-order valence-corrected chi connectivity index (χ2v) is 14.5. The van der Waals surface area contributed by atoms with Gasteiger partial charge in [0.25, 0.3) is 0 Å². The van der Waals surface area contributed by atoms with Gasteiger partial charge in [0.2, 0.25) is 0 Å². The largest absolute Gasteiger partial charge is 0.310 e. The predicted octanol–water partition coefficient (Wildman–Crippen LogP) is 14.3. The van der Waals surface area contributed by atoms with E-state index in [2.05, 4.69) is 252 Å². The highest BCUT2D eigenvalue weighted by Crippen LogP contribution is 2.47. The number of rotatable bonds is 9. The normalized spacial score (nSPS) is 11.5. The van der Waals surface area contributed by atoms with Crippen molar-refractivity contribution in [2.75, 3.05) is 4.90 Å². The Bertz CT molecular complexity index is 2820. The Morgan fingerprint density at radius 3 is 1.40 bits per heavy atom. The Balaban J connectivity index is 1.21. The number of anilines is 3. The van der Waals surface area contributed by atoms with Crippen LogP contribution in [-0.2, 0) is 5.41 Å². The lowest BCUT2D eigenvalue weighted by Crippen LogP contribution is -2.31. The number of nitrogens with zero attached hydrogens (tertiary/aromatic N) is 2. The van der Waals surface area contributed by atoms with Gasteiger partial charge in [-0.25, -0.2) is 0 Å². The maximum atomic E-state index is 2.43. The Morgan fingerprint density at radius 2 is 0.789 bits per heavy atom. The molecule has 10 rings (SSSR count). The van der Waals surface area contributed by atoms with Crippen LogP contribution in [0.1, 0.15) is 22.3 Å². The van der Waals surface area contributed by atoms with Crippen molar-refractivity contribution in [2.45, 2.75) is 5.41 Å². The van der Waals surface area contributed by atoms with Crippen LogP contribution in [0.2, 0.25) is 0 Å². The molecule has 9 aromatic carbocycles. The molecule has 0 saturated heterocycles. The first-order chi connectivity index (χ1) is 28.3. The maximum Gasteiger partial charge on any atom is 0.0701 e. The molecule has 2 heteroatoms. The fraction of sp³-hybridized carbons (Fsp3) is 0.0182. The van der Waals surface area contributed by atoms with Crippen molar-refractivity contribution < 1.29 is 0 Å². The van der Waals surface area contributed by atoms with Crippen molar-refractivity contribution in [3.8, 4) is 16.8 Å². The van der Waals surface area contributed by atoms with Crippen molar-refractivity contribution in [3.05, 3.63) is 265 Å². The minimum Gasteiger partial charge on any atom is -0.310 e. The Morgan fingerprint density at radius 1 is 0.333 bits per heavy atom. The lowest BCUT2D eigenvalue weighted by molar-refractivity contribution is 0.745. The van der Waals surface area contributed by atoms with Crippen LogP contribution >= 0.6 is 0 Å². The molecule has 0 N–H and O–H groups in total. The minimum absolute atomic E-state index is 0.534. The van der Waals surface area contributed by atoms with Crippen LogP contribution in [0, 0.1) is 0 Å². The molecule has 270 valence electrons. The summed E-state index contributed by atoms with van der Waals surface area (Å²) in [6, 6.07) is 87.9. The van der Waals surface area contributed by atoms with Crippen molar-refractivity contribution in [1.82, 2.24) is 4.57 Å². The van der Waals surface area contributed by atoms with Gasteiger partial charge in [-0.1, -0.05) is 188 Å². The molecule has 10 aromatic rings. The maximum absolute atomic E-state index is 2.43. The van der Waals surface area contributed by atoms with E-state index in [-0.39, 0.29) is 0 Å². The summed E-state index contributed by atoms with van der Waals surface area (Å²) in [5, 5.41) is 2.44. The van der Waals surface area contributed by atoms with Crippen LogP contribution in [0.15, 0.2) is 243 Å². The van der Waals surface area contributed by atoms with Gasteiger partial charge in [0.1, 0.15) is 0 Å². The summed E-state index contributed by atoms with van der Waals surface area (Å²) >= 11 is 0. The van der Waals surface area contributed by atoms with E-state index in [0.717, 1.165) is 22.7 Å². The average molecular weight is 729 g/mol. The van der Waals surface area contributed by atoms with Crippen LogP contribution in [0.5, 0.6) is 0 Å². The summed E-state index contributed by atoms with van der Waals surface area (Å²) in [6.07, 6.45) is 0. The molecule has 0 amide bonds. The fourth-order valence-corrected chi connectivity index (χ4v) is 8.84. The van der Waals surface area contributed by atoms with Gasteiger partial charge in [0.15, 0.2) is 0 Å². The molecule has 0 radical (unpaired) electrons. The standard InChI is InChI=1S/C55H40N2/c1-6-20-41(21-7-1)49-30-16-18-32-52(49)56(48-38-39-54-51(40-48)50-31-17-19-33-53(50)57(54)46-28-14-5-15-29-46)47-36-34-45(35-37-47)55(42-22-8-2-9-23-42,43-24-10-3-11-25-43)44-26-12-4-13-27-44/h1-40H. The van der Waals surface area contributed by atoms with E-state index >= 15 is 0 Å². The molecule has 57 heavy (non-hydrogen) atoms. The molecule has 0 aliphatic heterocycles. The summed E-state index contributed by atoms with van der Waals surface area (Å²) < 4.78 is 2.38. The molecule has 2 nitrogen and oxygen atoms in total. The van der Waals surface area contributed by atoms with Crippen LogP contribution in [-0.4, -0.2) is 4.57 Å². The molecular weight excluding hydrogens is 689 g/mol. The van der Waals surface area contributed by atoms with Gasteiger partial charge in [-0.2, -0.15) is 0 Å². The zero-order chi connectivity index (χ0) is 38.0. The molecule has 0 atom stereocenters. The lowest BCUT2D eigenvalue weighted by atomic mass is 9.65. The third-order valence-corrected chi connectivity index (χ3v) is 11.3. The van der Waals surface area contributed by atoms with Crippen LogP contribution < -0.4 is 4.90 Å². The summed E-state index contributed by atoms with van der Waals surface area (Å²) in [7, 11) is 0. The zero-order valence-electron chi connectivity index (χ0n) is 31.5. The summed E-state index contributed by atoms with van der Waals surface area (Å²) in [6.45, 7) is 0. The molecule has 1 heterocycles. The number of hydrogen-bond acceptors (Lipinski definition) is 1. The highest BCUT2D eigenvalue weighted by Gasteiger charge is 2.38. The van der Waals surface area contributed by atoms with Gasteiger partial charge in [0.05, 0.1) is 22.1 Å². The van der Waals surface area contributed by atoms with Crippen molar-refractivity contribution >= 4 is 38.9 Å². The number of benzene rings is 9. The van der Waals surface area contributed by atoms with E-state index in [0.29, 0.717) is 0 Å². The van der Waals surface area contributed by atoms with Crippen molar-refractivity contribution in [2.24, 2.45) is 0 Å². The van der Waals surface area contributed by atoms with Gasteiger partial charge < -0.3 is 9.47 Å². The predicted molar refractivity (Wildman–Crippen MR) is 239 cm³/mol. The highest BCUT2D eigenvalue weighted by molar-refractivity contribution is 6.11. The van der Waals surface area contributed by atoms with E-state index in [1.807, 2.05) is 0 Å². The first-order valence-electron chi connectivity index (χ1n) is 19.6. The van der Waals surface area contributed by atoms with E-state index in [9.17, 15) is 0 Å². The first-order valence-corrected chi connectivity index (χ1v) is 19.6. The molecular formula is C55H40N2. The number of para-hydroxylation sites is 3. The SMILES string of the molecule is c1ccc(-c2ccccc2N(c2ccc(C(c3ccccc3)(c3ccccc3)c3ccccc3)cc2)c2ccc3c(c2)c2ccccc2n3-c2ccccc2)cc1. The minimum atomic E-state index is -0.534. The van der Waals surface area contributed by atoms with Crippen molar-refractivity contribution in [1.29, 1.82) is 0 Å². The van der Waals surface area contributed by atoms with Crippen LogP contribution in [0.25, 0.3) is 38.6 Å². The second-order valence-electron chi connectivity index (χ2n) is 14.5. The molecule has 0 fully saturated rings. The highest BCUT2D eigenvalue weighted by atomic mass is 15.1. The number of fused-ring (bicyclic) bond motifs is 3. The van der Waals surface area contributed by atoms with Gasteiger partial charge in [-0.15, -0.1) is 0 Å². The Hall–Kier alpha value is -7.42. The lowest BCUT2D eigenvalue weighted by Gasteiger charge is -2.37. The number of hydrogen-bond donors (Lipinski definition) is 0. The zero-order valence-corrected chi connectivity index (χ0v) is 31.5. The molecule has 1 aromatic heterocycles. The van der Waals surface area contributed by atoms with Crippen LogP contribution in [0.4, 0.5) is 17.1 Å². The van der Waals surface area contributed by atoms with E-state index in [1.165, 1.54) is 55.2 Å². The summed E-state index contributed by atoms with van der Waals surface area (Å²) in [5.41, 5.74) is 13.5. The Kier molecular flexibility index (Phi) is 8.78. The van der Waals surface area contributed by atoms with Gasteiger partial charge in [0, 0.05) is 33.4 Å². The third-order valence-electron chi connectivity index (χ3n) is 11.3. The summed E-state index contributed by atoms with van der Waals surface area (Å²) in [5.74, 6) is 0. The smallest absolute Gasteiger partial charge is 0.0701 e. The molecule has 0 unspecified atom stereocenters. The molecule has 0 aliphatic carbocycles. The topological polar surface area (TPSA) is 8.17 Å². The summed E-state index contributed by atoms with van der Waals surface area (Å²) in [4.78, 5) is 2.43. The van der Waals surface area contributed by atoms with Crippen LogP contribution in [0.3, 0.4) is 0 Å². The van der Waals surface area contributed by atoms with E-state index < -0.39 is 5.41 Å². The molecule has 0 saturated carbocycles. The van der Waals surface area contributed by atoms with Crippen molar-refractivity contribution in [3.63, 3.8) is 0 Å². The monoisotopic (exact) mass is 728 g/mol. The van der Waals surface area contributed by atoms with E-state index in [4.69, 9.17) is 0 Å². The molecule has 0 spiro atoms. The molecule has 0 bridgehead atoms. The van der Waals surface area contributed by atoms with Gasteiger partial charge in [-0.3, -0.25) is 0 Å². The van der Waals surface area contributed by atoms with Gasteiger partial charge in [-0.05, 0) is 82.4 Å². The van der Waals surface area contributed by atoms with Gasteiger partial charge >= 0.3 is 0 Å². The first kappa shape index (κ1) is 34.1. The average Bonchev–Trinajstić information content (AvgIpc) is 3.63. The fourth-order valence-electron chi connectivity index (χ4n) is 8.84.